The lowest BCUT2D eigenvalue weighted by Gasteiger charge is -2.07. The number of carboxylic acid groups (broad SMARTS) is 1. The molecule has 2 aromatic carbocycles. The van der Waals surface area contributed by atoms with Crippen LogP contribution in [0.1, 0.15) is 40.0 Å². The van der Waals surface area contributed by atoms with Gasteiger partial charge in [-0.25, -0.2) is 0 Å². The summed E-state index contributed by atoms with van der Waals surface area (Å²) in [7, 11) is 0. The van der Waals surface area contributed by atoms with Crippen molar-refractivity contribution in [2.45, 2.75) is 19.3 Å². The lowest BCUT2D eigenvalue weighted by molar-refractivity contribution is -0.135. The number of carbonyl (C=O) groups excluding carboxylic acids is 3. The maximum Gasteiger partial charge on any atom is 0.322 e. The summed E-state index contributed by atoms with van der Waals surface area (Å²) in [6, 6.07) is 15.0. The van der Waals surface area contributed by atoms with E-state index in [1.54, 1.807) is 36.4 Å². The Labute approximate surface area is 156 Å². The number of rotatable bonds is 9. The third-order valence-corrected chi connectivity index (χ3v) is 3.73. The van der Waals surface area contributed by atoms with Crippen molar-refractivity contribution >= 4 is 29.3 Å². The summed E-state index contributed by atoms with van der Waals surface area (Å²) in [5.41, 5.74) is 1.45. The lowest BCUT2D eigenvalue weighted by atomic mass is 10.1. The second-order valence-corrected chi connectivity index (χ2v) is 5.84. The molecule has 0 radical (unpaired) electrons. The molecule has 0 aliphatic rings. The maximum absolute atomic E-state index is 12.0. The van der Waals surface area contributed by atoms with Gasteiger partial charge < -0.3 is 15.7 Å². The second kappa shape index (κ2) is 9.86. The fourth-order valence-electron chi connectivity index (χ4n) is 2.36. The van der Waals surface area contributed by atoms with E-state index in [0.29, 0.717) is 29.7 Å². The Kier molecular flexibility index (Phi) is 7.25. The van der Waals surface area contributed by atoms with Crippen molar-refractivity contribution in [3.63, 3.8) is 0 Å². The van der Waals surface area contributed by atoms with Gasteiger partial charge in [0.2, 0.25) is 5.91 Å². The van der Waals surface area contributed by atoms with Crippen LogP contribution in [-0.2, 0) is 9.59 Å². The molecule has 2 aromatic rings. The van der Waals surface area contributed by atoms with E-state index in [9.17, 15) is 19.2 Å². The van der Waals surface area contributed by atoms with Gasteiger partial charge in [0.25, 0.3) is 5.91 Å². The highest BCUT2D eigenvalue weighted by molar-refractivity contribution is 5.98. The monoisotopic (exact) mass is 368 g/mol. The van der Waals surface area contributed by atoms with E-state index in [4.69, 9.17) is 5.11 Å². The van der Waals surface area contributed by atoms with Gasteiger partial charge in [-0.2, -0.15) is 0 Å². The van der Waals surface area contributed by atoms with E-state index in [-0.39, 0.29) is 18.1 Å². The number of hydrogen-bond acceptors (Lipinski definition) is 4. The average Bonchev–Trinajstić information content (AvgIpc) is 2.67. The molecule has 0 spiro atoms. The number of hydrogen-bond donors (Lipinski definition) is 3. The standard InChI is InChI=1S/C20H20N2O5/c23-17(14-5-2-1-3-6-14)7-4-8-18(24)22-16-11-9-15(10-12-16)20(27)21-13-19(25)26/h1-3,5-6,9-12H,4,7-8,13H2,(H,21,27)(H,22,24)(H,25,26). The Morgan fingerprint density at radius 2 is 1.48 bits per heavy atom. The smallest absolute Gasteiger partial charge is 0.322 e. The largest absolute Gasteiger partial charge is 0.480 e. The highest BCUT2D eigenvalue weighted by Crippen LogP contribution is 2.12. The van der Waals surface area contributed by atoms with Crippen LogP contribution in [0.3, 0.4) is 0 Å². The molecule has 7 heteroatoms. The summed E-state index contributed by atoms with van der Waals surface area (Å²) in [5, 5.41) is 13.5. The van der Waals surface area contributed by atoms with Gasteiger partial charge in [0.1, 0.15) is 6.54 Å². The number of anilines is 1. The number of benzene rings is 2. The summed E-state index contributed by atoms with van der Waals surface area (Å²) in [6.45, 7) is -0.459. The third kappa shape index (κ3) is 6.74. The van der Waals surface area contributed by atoms with Crippen LogP contribution in [0.4, 0.5) is 5.69 Å². The molecule has 140 valence electrons. The Balaban J connectivity index is 1.76. The quantitative estimate of drug-likeness (QED) is 0.589. The van der Waals surface area contributed by atoms with Crippen molar-refractivity contribution in [1.82, 2.24) is 5.32 Å². The molecule has 0 heterocycles. The first-order valence-electron chi connectivity index (χ1n) is 8.44. The van der Waals surface area contributed by atoms with Crippen LogP contribution in [0.2, 0.25) is 0 Å². The Morgan fingerprint density at radius 1 is 0.815 bits per heavy atom. The molecular weight excluding hydrogens is 348 g/mol. The molecule has 2 amide bonds. The fraction of sp³-hybridized carbons (Fsp3) is 0.200. The number of amides is 2. The van der Waals surface area contributed by atoms with E-state index in [1.165, 1.54) is 12.1 Å². The predicted octanol–water partition coefficient (Wildman–Crippen LogP) is 2.49. The average molecular weight is 368 g/mol. The maximum atomic E-state index is 12.0. The summed E-state index contributed by atoms with van der Waals surface area (Å²) in [5.74, 6) is -1.85. The lowest BCUT2D eigenvalue weighted by Crippen LogP contribution is -2.29. The first kappa shape index (κ1) is 19.8. The summed E-state index contributed by atoms with van der Waals surface area (Å²) in [6.07, 6.45) is 0.939. The Hall–Kier alpha value is -3.48. The molecule has 0 aliphatic heterocycles. The zero-order chi connectivity index (χ0) is 19.6. The van der Waals surface area contributed by atoms with Crippen LogP contribution < -0.4 is 10.6 Å². The molecule has 0 fully saturated rings. The van der Waals surface area contributed by atoms with Crippen molar-refractivity contribution in [3.8, 4) is 0 Å². The molecule has 0 aromatic heterocycles. The van der Waals surface area contributed by atoms with Crippen LogP contribution in [0.15, 0.2) is 54.6 Å². The van der Waals surface area contributed by atoms with Gasteiger partial charge >= 0.3 is 5.97 Å². The SMILES string of the molecule is O=C(O)CNC(=O)c1ccc(NC(=O)CCCC(=O)c2ccccc2)cc1. The Morgan fingerprint density at radius 3 is 2.11 bits per heavy atom. The number of aliphatic carboxylic acids is 1. The molecule has 0 saturated carbocycles. The molecular formula is C20H20N2O5. The normalized spacial score (nSPS) is 10.1. The van der Waals surface area contributed by atoms with Crippen LogP contribution in [0, 0.1) is 0 Å². The molecule has 2 rings (SSSR count). The van der Waals surface area contributed by atoms with Gasteiger partial charge in [-0.05, 0) is 30.7 Å². The van der Waals surface area contributed by atoms with Gasteiger partial charge in [0, 0.05) is 29.7 Å². The number of carboxylic acids is 1. The van der Waals surface area contributed by atoms with E-state index in [2.05, 4.69) is 10.6 Å². The second-order valence-electron chi connectivity index (χ2n) is 5.84. The van der Waals surface area contributed by atoms with Crippen LogP contribution >= 0.6 is 0 Å². The van der Waals surface area contributed by atoms with E-state index in [0.717, 1.165) is 0 Å². The first-order chi connectivity index (χ1) is 13.0. The zero-order valence-corrected chi connectivity index (χ0v) is 14.6. The van der Waals surface area contributed by atoms with E-state index in [1.807, 2.05) is 6.07 Å². The van der Waals surface area contributed by atoms with Gasteiger partial charge in [-0.3, -0.25) is 19.2 Å². The van der Waals surface area contributed by atoms with Crippen molar-refractivity contribution in [1.29, 1.82) is 0 Å². The number of carbonyl (C=O) groups is 4. The van der Waals surface area contributed by atoms with Crippen molar-refractivity contribution in [2.75, 3.05) is 11.9 Å². The molecule has 0 bridgehead atoms. The molecule has 0 saturated heterocycles. The first-order valence-corrected chi connectivity index (χ1v) is 8.44. The molecule has 7 nitrogen and oxygen atoms in total. The third-order valence-electron chi connectivity index (χ3n) is 3.73. The number of ketones is 1. The predicted molar refractivity (Wildman–Crippen MR) is 99.7 cm³/mol. The molecule has 0 atom stereocenters. The van der Waals surface area contributed by atoms with E-state index < -0.39 is 18.4 Å². The zero-order valence-electron chi connectivity index (χ0n) is 14.6. The minimum atomic E-state index is -1.13. The molecule has 3 N–H and O–H groups in total. The summed E-state index contributed by atoms with van der Waals surface area (Å²) in [4.78, 5) is 46.1. The number of Topliss-reactive ketones (excluding diaryl/α,β-unsaturated/α-hetero) is 1. The van der Waals surface area contributed by atoms with Crippen LogP contribution in [0.25, 0.3) is 0 Å². The number of nitrogens with one attached hydrogen (secondary N) is 2. The van der Waals surface area contributed by atoms with Gasteiger partial charge in [-0.15, -0.1) is 0 Å². The van der Waals surface area contributed by atoms with Gasteiger partial charge in [0.05, 0.1) is 0 Å². The fourth-order valence-corrected chi connectivity index (χ4v) is 2.36. The van der Waals surface area contributed by atoms with Crippen molar-refractivity contribution in [3.05, 3.63) is 65.7 Å². The summed E-state index contributed by atoms with van der Waals surface area (Å²) < 4.78 is 0. The topological polar surface area (TPSA) is 113 Å². The van der Waals surface area contributed by atoms with Crippen molar-refractivity contribution in [2.24, 2.45) is 0 Å². The van der Waals surface area contributed by atoms with Gasteiger partial charge in [0.15, 0.2) is 5.78 Å². The molecule has 27 heavy (non-hydrogen) atoms. The molecule has 0 aliphatic carbocycles. The Bertz CT molecular complexity index is 816. The van der Waals surface area contributed by atoms with Crippen LogP contribution in [-0.4, -0.2) is 35.2 Å². The highest BCUT2D eigenvalue weighted by atomic mass is 16.4. The van der Waals surface area contributed by atoms with Gasteiger partial charge in [-0.1, -0.05) is 30.3 Å². The van der Waals surface area contributed by atoms with Crippen molar-refractivity contribution < 1.29 is 24.3 Å². The minimum absolute atomic E-state index is 0.000117. The summed E-state index contributed by atoms with van der Waals surface area (Å²) >= 11 is 0. The van der Waals surface area contributed by atoms with E-state index >= 15 is 0 Å². The minimum Gasteiger partial charge on any atom is -0.480 e. The van der Waals surface area contributed by atoms with Crippen LogP contribution in [0.5, 0.6) is 0 Å². The molecule has 0 unspecified atom stereocenters. The highest BCUT2D eigenvalue weighted by Gasteiger charge is 2.09.